The molecule has 0 saturated heterocycles. The van der Waals surface area contributed by atoms with Crippen molar-refractivity contribution in [2.24, 2.45) is 0 Å². The predicted octanol–water partition coefficient (Wildman–Crippen LogP) is 1.60. The van der Waals surface area contributed by atoms with E-state index in [-0.39, 0.29) is 12.3 Å². The van der Waals surface area contributed by atoms with E-state index in [4.69, 9.17) is 16.7 Å². The van der Waals surface area contributed by atoms with Gasteiger partial charge in [0.15, 0.2) is 0 Å². The van der Waals surface area contributed by atoms with Crippen molar-refractivity contribution in [3.05, 3.63) is 34.3 Å². The van der Waals surface area contributed by atoms with Gasteiger partial charge in [-0.15, -0.1) is 0 Å². The first kappa shape index (κ1) is 9.98. The molecule has 0 spiro atoms. The standard InChI is InChI=1S/C10H8ClNO3/c11-5-1-2-6-7(3-5)8(4-9(13)14)12-10(6)15/h1-3,8H,4H2,(H,12,15)(H,13,14). The molecular weight excluding hydrogens is 218 g/mol. The van der Waals surface area contributed by atoms with Gasteiger partial charge in [-0.05, 0) is 23.8 Å². The van der Waals surface area contributed by atoms with Crippen molar-refractivity contribution in [1.29, 1.82) is 0 Å². The Morgan fingerprint density at radius 2 is 2.27 bits per heavy atom. The first-order valence-corrected chi connectivity index (χ1v) is 4.78. The minimum absolute atomic E-state index is 0.126. The van der Waals surface area contributed by atoms with Crippen LogP contribution in [-0.4, -0.2) is 17.0 Å². The first-order valence-electron chi connectivity index (χ1n) is 4.40. The zero-order chi connectivity index (χ0) is 11.0. The largest absolute Gasteiger partial charge is 0.481 e. The van der Waals surface area contributed by atoms with Gasteiger partial charge in [0.25, 0.3) is 5.91 Å². The van der Waals surface area contributed by atoms with Crippen molar-refractivity contribution < 1.29 is 14.7 Å². The van der Waals surface area contributed by atoms with Crippen molar-refractivity contribution in [1.82, 2.24) is 5.32 Å². The Bertz CT molecular complexity index is 442. The molecule has 0 saturated carbocycles. The van der Waals surface area contributed by atoms with E-state index in [1.54, 1.807) is 18.2 Å². The Morgan fingerprint density at radius 1 is 1.53 bits per heavy atom. The Hall–Kier alpha value is -1.55. The third-order valence-electron chi connectivity index (χ3n) is 2.32. The van der Waals surface area contributed by atoms with Gasteiger partial charge in [-0.2, -0.15) is 0 Å². The predicted molar refractivity (Wildman–Crippen MR) is 53.9 cm³/mol. The summed E-state index contributed by atoms with van der Waals surface area (Å²) in [5, 5.41) is 11.8. The number of halogens is 1. The fraction of sp³-hybridized carbons (Fsp3) is 0.200. The van der Waals surface area contributed by atoms with Gasteiger partial charge in [0.2, 0.25) is 0 Å². The van der Waals surface area contributed by atoms with E-state index in [1.807, 2.05) is 0 Å². The highest BCUT2D eigenvalue weighted by atomic mass is 35.5. The van der Waals surface area contributed by atoms with E-state index in [2.05, 4.69) is 5.32 Å². The maximum absolute atomic E-state index is 11.4. The summed E-state index contributed by atoms with van der Waals surface area (Å²) >= 11 is 5.79. The van der Waals surface area contributed by atoms with Gasteiger partial charge in [0.1, 0.15) is 0 Å². The summed E-state index contributed by atoms with van der Waals surface area (Å²) in [5.41, 5.74) is 1.17. The van der Waals surface area contributed by atoms with Crippen LogP contribution in [0.5, 0.6) is 0 Å². The Labute approximate surface area is 90.9 Å². The first-order chi connectivity index (χ1) is 7.08. The molecule has 1 atom stereocenters. The van der Waals surface area contributed by atoms with Crippen LogP contribution in [0, 0.1) is 0 Å². The quantitative estimate of drug-likeness (QED) is 0.804. The zero-order valence-electron chi connectivity index (χ0n) is 7.66. The van der Waals surface area contributed by atoms with E-state index in [0.29, 0.717) is 16.1 Å². The number of carbonyl (C=O) groups excluding carboxylic acids is 1. The highest BCUT2D eigenvalue weighted by Crippen LogP contribution is 2.29. The number of hydrogen-bond donors (Lipinski definition) is 2. The Morgan fingerprint density at radius 3 is 2.93 bits per heavy atom. The number of carbonyl (C=O) groups is 2. The SMILES string of the molecule is O=C(O)CC1NC(=O)c2ccc(Cl)cc21. The Kier molecular flexibility index (Phi) is 2.36. The second-order valence-corrected chi connectivity index (χ2v) is 3.79. The van der Waals surface area contributed by atoms with Gasteiger partial charge in [0.05, 0.1) is 12.5 Å². The van der Waals surface area contributed by atoms with Crippen LogP contribution < -0.4 is 5.32 Å². The highest BCUT2D eigenvalue weighted by Gasteiger charge is 2.29. The topological polar surface area (TPSA) is 66.4 Å². The molecule has 1 unspecified atom stereocenters. The molecule has 2 rings (SSSR count). The van der Waals surface area contributed by atoms with Crippen molar-refractivity contribution in [3.63, 3.8) is 0 Å². The molecule has 1 aliphatic rings. The molecule has 4 nitrogen and oxygen atoms in total. The molecule has 2 N–H and O–H groups in total. The third-order valence-corrected chi connectivity index (χ3v) is 2.55. The van der Waals surface area contributed by atoms with Crippen LogP contribution in [0.25, 0.3) is 0 Å². The summed E-state index contributed by atoms with van der Waals surface area (Å²) in [4.78, 5) is 22.0. The number of rotatable bonds is 2. The van der Waals surface area contributed by atoms with Crippen molar-refractivity contribution in [2.45, 2.75) is 12.5 Å². The molecule has 5 heteroatoms. The van der Waals surface area contributed by atoms with Crippen LogP contribution in [0.15, 0.2) is 18.2 Å². The lowest BCUT2D eigenvalue weighted by molar-refractivity contribution is -0.137. The van der Waals surface area contributed by atoms with Gasteiger partial charge in [-0.25, -0.2) is 0 Å². The molecule has 78 valence electrons. The lowest BCUT2D eigenvalue weighted by Gasteiger charge is -2.07. The normalized spacial score (nSPS) is 18.5. The molecule has 1 amide bonds. The van der Waals surface area contributed by atoms with Crippen molar-refractivity contribution in [2.75, 3.05) is 0 Å². The second-order valence-electron chi connectivity index (χ2n) is 3.36. The van der Waals surface area contributed by atoms with Gasteiger partial charge in [0, 0.05) is 10.6 Å². The number of carboxylic acids is 1. The fourth-order valence-corrected chi connectivity index (χ4v) is 1.86. The average Bonchev–Trinajstić information content (AvgIpc) is 2.42. The summed E-state index contributed by atoms with van der Waals surface area (Å²) in [6.07, 6.45) is -0.126. The second kappa shape index (κ2) is 3.55. The number of hydrogen-bond acceptors (Lipinski definition) is 2. The summed E-state index contributed by atoms with van der Waals surface area (Å²) in [7, 11) is 0. The lowest BCUT2D eigenvalue weighted by atomic mass is 10.0. The maximum atomic E-state index is 11.4. The number of aliphatic carboxylic acids is 1. The minimum atomic E-state index is -0.951. The van der Waals surface area contributed by atoms with Crippen molar-refractivity contribution >= 4 is 23.5 Å². The molecule has 1 aromatic carbocycles. The molecule has 0 aliphatic carbocycles. The van der Waals surface area contributed by atoms with E-state index < -0.39 is 12.0 Å². The van der Waals surface area contributed by atoms with E-state index in [9.17, 15) is 9.59 Å². The monoisotopic (exact) mass is 225 g/mol. The number of amides is 1. The summed E-state index contributed by atoms with van der Waals surface area (Å²) in [5.74, 6) is -1.19. The van der Waals surface area contributed by atoms with E-state index in [0.717, 1.165) is 0 Å². The van der Waals surface area contributed by atoms with E-state index in [1.165, 1.54) is 0 Å². The van der Waals surface area contributed by atoms with Gasteiger partial charge in [-0.1, -0.05) is 11.6 Å². The molecule has 0 aromatic heterocycles. The molecule has 0 bridgehead atoms. The molecule has 0 fully saturated rings. The fourth-order valence-electron chi connectivity index (χ4n) is 1.68. The maximum Gasteiger partial charge on any atom is 0.305 e. The summed E-state index contributed by atoms with van der Waals surface area (Å²) in [6.45, 7) is 0. The number of fused-ring (bicyclic) bond motifs is 1. The highest BCUT2D eigenvalue weighted by molar-refractivity contribution is 6.30. The van der Waals surface area contributed by atoms with Crippen LogP contribution in [0.3, 0.4) is 0 Å². The lowest BCUT2D eigenvalue weighted by Crippen LogP contribution is -2.21. The number of nitrogens with one attached hydrogen (secondary N) is 1. The molecule has 1 aliphatic heterocycles. The minimum Gasteiger partial charge on any atom is -0.481 e. The summed E-state index contributed by atoms with van der Waals surface area (Å²) < 4.78 is 0. The zero-order valence-corrected chi connectivity index (χ0v) is 8.41. The van der Waals surface area contributed by atoms with Crippen LogP contribution in [0.1, 0.15) is 28.4 Å². The number of carboxylic acid groups (broad SMARTS) is 1. The van der Waals surface area contributed by atoms with Crippen LogP contribution in [0.4, 0.5) is 0 Å². The summed E-state index contributed by atoms with van der Waals surface area (Å²) in [6, 6.07) is 4.38. The molecule has 1 aromatic rings. The Balaban J connectivity index is 2.39. The molecule has 15 heavy (non-hydrogen) atoms. The van der Waals surface area contributed by atoms with Crippen LogP contribution in [-0.2, 0) is 4.79 Å². The smallest absolute Gasteiger partial charge is 0.305 e. The third kappa shape index (κ3) is 1.80. The van der Waals surface area contributed by atoms with Gasteiger partial charge >= 0.3 is 5.97 Å². The molecule has 1 heterocycles. The molecular formula is C10H8ClNO3. The number of benzene rings is 1. The average molecular weight is 226 g/mol. The van der Waals surface area contributed by atoms with Crippen molar-refractivity contribution in [3.8, 4) is 0 Å². The van der Waals surface area contributed by atoms with Gasteiger partial charge < -0.3 is 10.4 Å². The van der Waals surface area contributed by atoms with Crippen LogP contribution >= 0.6 is 11.6 Å². The van der Waals surface area contributed by atoms with Crippen LogP contribution in [0.2, 0.25) is 5.02 Å². The van der Waals surface area contributed by atoms with E-state index >= 15 is 0 Å². The van der Waals surface area contributed by atoms with Gasteiger partial charge in [-0.3, -0.25) is 9.59 Å². The molecule has 0 radical (unpaired) electrons.